The SMILES string of the molecule is CCC(NC(=O)OCC1c2ccccc2-c2ccccc21)C(=O)N1CCCC(OC)(C(=O)O)C1. The molecule has 2 unspecified atom stereocenters. The third-order valence-corrected chi connectivity index (χ3v) is 6.89. The second-order valence-corrected chi connectivity index (χ2v) is 8.80. The smallest absolute Gasteiger partial charge is 0.407 e. The van der Waals surface area contributed by atoms with E-state index >= 15 is 0 Å². The van der Waals surface area contributed by atoms with Crippen molar-refractivity contribution in [3.05, 3.63) is 59.7 Å². The molecule has 180 valence electrons. The molecule has 2 atom stereocenters. The summed E-state index contributed by atoms with van der Waals surface area (Å²) in [5.74, 6) is -1.50. The molecule has 1 aliphatic carbocycles. The molecule has 0 aromatic heterocycles. The standard InChI is InChI=1S/C26H30N2O6/c1-3-22(23(29)28-14-8-13-26(16-28,33-2)24(30)31)27-25(32)34-15-21-19-11-6-4-9-17(19)18-10-5-7-12-20(18)21/h4-7,9-12,21-22H,3,8,13-16H2,1-2H3,(H,27,32)(H,30,31). The predicted molar refractivity (Wildman–Crippen MR) is 125 cm³/mol. The van der Waals surface area contributed by atoms with Gasteiger partial charge in [-0.05, 0) is 41.5 Å². The predicted octanol–water partition coefficient (Wildman–Crippen LogP) is 3.40. The summed E-state index contributed by atoms with van der Waals surface area (Å²) in [7, 11) is 1.34. The molecule has 2 aromatic rings. The largest absolute Gasteiger partial charge is 0.479 e. The van der Waals surface area contributed by atoms with Crippen molar-refractivity contribution < 1.29 is 29.0 Å². The number of carboxylic acids is 1. The number of ether oxygens (including phenoxy) is 2. The highest BCUT2D eigenvalue weighted by atomic mass is 16.5. The molecule has 2 amide bonds. The van der Waals surface area contributed by atoms with Crippen molar-refractivity contribution in [2.75, 3.05) is 26.8 Å². The quantitative estimate of drug-likeness (QED) is 0.648. The van der Waals surface area contributed by atoms with E-state index in [0.717, 1.165) is 22.3 Å². The first-order chi connectivity index (χ1) is 16.4. The van der Waals surface area contributed by atoms with E-state index in [1.807, 2.05) is 36.4 Å². The number of carboxylic acid groups (broad SMARTS) is 1. The summed E-state index contributed by atoms with van der Waals surface area (Å²) in [5, 5.41) is 12.3. The first-order valence-corrected chi connectivity index (χ1v) is 11.6. The first kappa shape index (κ1) is 23.8. The number of rotatable bonds is 7. The van der Waals surface area contributed by atoms with Gasteiger partial charge in [0.1, 0.15) is 12.6 Å². The van der Waals surface area contributed by atoms with E-state index in [-0.39, 0.29) is 25.0 Å². The van der Waals surface area contributed by atoms with Crippen molar-refractivity contribution >= 4 is 18.0 Å². The van der Waals surface area contributed by atoms with Gasteiger partial charge in [-0.15, -0.1) is 0 Å². The number of nitrogens with one attached hydrogen (secondary N) is 1. The molecule has 2 aliphatic rings. The van der Waals surface area contributed by atoms with Gasteiger partial charge in [-0.2, -0.15) is 0 Å². The van der Waals surface area contributed by atoms with Crippen LogP contribution in [0.2, 0.25) is 0 Å². The van der Waals surface area contributed by atoms with E-state index in [1.54, 1.807) is 6.92 Å². The molecule has 2 N–H and O–H groups in total. The van der Waals surface area contributed by atoms with Gasteiger partial charge in [0.05, 0.1) is 6.54 Å². The van der Waals surface area contributed by atoms with Crippen LogP contribution in [0.4, 0.5) is 4.79 Å². The zero-order chi connectivity index (χ0) is 24.3. The van der Waals surface area contributed by atoms with E-state index in [2.05, 4.69) is 17.4 Å². The number of fused-ring (bicyclic) bond motifs is 3. The summed E-state index contributed by atoms with van der Waals surface area (Å²) in [4.78, 5) is 38.9. The van der Waals surface area contributed by atoms with Crippen molar-refractivity contribution in [2.45, 2.75) is 43.7 Å². The minimum Gasteiger partial charge on any atom is -0.479 e. The molecular formula is C26H30N2O6. The Morgan fingerprint density at radius 3 is 2.29 bits per heavy atom. The normalized spacial score (nSPS) is 20.2. The van der Waals surface area contributed by atoms with Crippen LogP contribution in [0.3, 0.4) is 0 Å². The van der Waals surface area contributed by atoms with Crippen molar-refractivity contribution in [3.63, 3.8) is 0 Å². The van der Waals surface area contributed by atoms with E-state index in [4.69, 9.17) is 9.47 Å². The Bertz CT molecular complexity index is 1040. The van der Waals surface area contributed by atoms with Gasteiger partial charge >= 0.3 is 12.1 Å². The summed E-state index contributed by atoms with van der Waals surface area (Å²) in [6.45, 7) is 2.30. The van der Waals surface area contributed by atoms with Crippen LogP contribution in [0.15, 0.2) is 48.5 Å². The highest BCUT2D eigenvalue weighted by molar-refractivity contribution is 5.87. The third-order valence-electron chi connectivity index (χ3n) is 6.89. The average Bonchev–Trinajstić information content (AvgIpc) is 3.19. The number of hydrogen-bond acceptors (Lipinski definition) is 5. The second kappa shape index (κ2) is 9.85. The molecule has 8 heteroatoms. The van der Waals surface area contributed by atoms with E-state index in [9.17, 15) is 19.5 Å². The maximum atomic E-state index is 13.1. The first-order valence-electron chi connectivity index (χ1n) is 11.6. The minimum absolute atomic E-state index is 0.0550. The van der Waals surface area contributed by atoms with Gasteiger partial charge in [-0.1, -0.05) is 55.5 Å². The van der Waals surface area contributed by atoms with Crippen molar-refractivity contribution in [1.82, 2.24) is 10.2 Å². The number of amides is 2. The van der Waals surface area contributed by atoms with Gasteiger partial charge in [-0.25, -0.2) is 9.59 Å². The monoisotopic (exact) mass is 466 g/mol. The van der Waals surface area contributed by atoms with Crippen LogP contribution in [0.5, 0.6) is 0 Å². The summed E-state index contributed by atoms with van der Waals surface area (Å²) in [6.07, 6.45) is 0.522. The van der Waals surface area contributed by atoms with Gasteiger partial charge in [0.25, 0.3) is 0 Å². The number of likely N-dealkylation sites (tertiary alicyclic amines) is 1. The number of alkyl carbamates (subject to hydrolysis) is 1. The van der Waals surface area contributed by atoms with Crippen LogP contribution in [-0.2, 0) is 19.1 Å². The van der Waals surface area contributed by atoms with Gasteiger partial charge in [0.15, 0.2) is 5.60 Å². The Balaban J connectivity index is 1.40. The Kier molecular flexibility index (Phi) is 6.88. The Morgan fingerprint density at radius 1 is 1.12 bits per heavy atom. The van der Waals surface area contributed by atoms with Crippen molar-refractivity contribution in [1.29, 1.82) is 0 Å². The number of methoxy groups -OCH3 is 1. The fourth-order valence-electron chi connectivity index (χ4n) is 4.98. The highest BCUT2D eigenvalue weighted by Gasteiger charge is 2.45. The summed E-state index contributed by atoms with van der Waals surface area (Å²) >= 11 is 0. The molecule has 2 aromatic carbocycles. The number of piperidine rings is 1. The fourth-order valence-corrected chi connectivity index (χ4v) is 4.98. The van der Waals surface area contributed by atoms with Crippen molar-refractivity contribution in [3.8, 4) is 11.1 Å². The number of aliphatic carboxylic acids is 1. The number of carbonyl (C=O) groups is 3. The molecule has 0 bridgehead atoms. The van der Waals surface area contributed by atoms with Crippen LogP contribution >= 0.6 is 0 Å². The van der Waals surface area contributed by atoms with Crippen LogP contribution in [0.25, 0.3) is 11.1 Å². The van der Waals surface area contributed by atoms with Gasteiger partial charge in [0, 0.05) is 19.6 Å². The van der Waals surface area contributed by atoms with Crippen LogP contribution < -0.4 is 5.32 Å². The lowest BCUT2D eigenvalue weighted by Crippen LogP contribution is -2.59. The highest BCUT2D eigenvalue weighted by Crippen LogP contribution is 2.44. The molecule has 8 nitrogen and oxygen atoms in total. The maximum absolute atomic E-state index is 13.1. The molecule has 34 heavy (non-hydrogen) atoms. The van der Waals surface area contributed by atoms with E-state index in [0.29, 0.717) is 25.8 Å². The molecule has 0 saturated carbocycles. The second-order valence-electron chi connectivity index (χ2n) is 8.80. The maximum Gasteiger partial charge on any atom is 0.407 e. The van der Waals surface area contributed by atoms with E-state index in [1.165, 1.54) is 12.0 Å². The molecule has 1 saturated heterocycles. The summed E-state index contributed by atoms with van der Waals surface area (Å²) in [6, 6.07) is 15.3. The minimum atomic E-state index is -1.42. The molecular weight excluding hydrogens is 436 g/mol. The molecule has 1 aliphatic heterocycles. The fraction of sp³-hybridized carbons (Fsp3) is 0.423. The van der Waals surface area contributed by atoms with Gasteiger partial charge in [-0.3, -0.25) is 4.79 Å². The number of hydrogen-bond donors (Lipinski definition) is 2. The van der Waals surface area contributed by atoms with Crippen LogP contribution in [-0.4, -0.2) is 66.4 Å². The third kappa shape index (κ3) is 4.37. The van der Waals surface area contributed by atoms with Crippen molar-refractivity contribution in [2.24, 2.45) is 0 Å². The molecule has 4 rings (SSSR count). The summed E-state index contributed by atoms with van der Waals surface area (Å²) in [5.41, 5.74) is 3.07. The molecule has 1 heterocycles. The molecule has 1 fully saturated rings. The van der Waals surface area contributed by atoms with E-state index < -0.39 is 23.7 Å². The Labute approximate surface area is 198 Å². The zero-order valence-electron chi connectivity index (χ0n) is 19.5. The molecule has 0 radical (unpaired) electrons. The number of nitrogens with zero attached hydrogens (tertiary/aromatic N) is 1. The average molecular weight is 467 g/mol. The number of benzene rings is 2. The Morgan fingerprint density at radius 2 is 1.74 bits per heavy atom. The zero-order valence-corrected chi connectivity index (χ0v) is 19.5. The topological polar surface area (TPSA) is 105 Å². The van der Waals surface area contributed by atoms with Crippen LogP contribution in [0, 0.1) is 0 Å². The molecule has 0 spiro atoms. The van der Waals surface area contributed by atoms with Gasteiger partial charge < -0.3 is 24.8 Å². The number of carbonyl (C=O) groups excluding carboxylic acids is 2. The Hall–Kier alpha value is -3.39. The lowest BCUT2D eigenvalue weighted by Gasteiger charge is -2.39. The summed E-state index contributed by atoms with van der Waals surface area (Å²) < 4.78 is 10.8. The lowest BCUT2D eigenvalue weighted by atomic mass is 9.92. The van der Waals surface area contributed by atoms with Gasteiger partial charge in [0.2, 0.25) is 5.91 Å². The lowest BCUT2D eigenvalue weighted by molar-refractivity contribution is -0.171. The van der Waals surface area contributed by atoms with Crippen LogP contribution in [0.1, 0.15) is 43.2 Å².